The van der Waals surface area contributed by atoms with Gasteiger partial charge in [-0.15, -0.1) is 11.8 Å². The SMILES string of the molecule is CS(=O)(=O)c1ccccc1-c1ccc2c(c1)C(=O)CCN2C(=O)c1cc(C(F)(F)F)nn1-c1ccc2onc(N)c2c1.[C-]#[N+]c1cc(-n2nc(C(F)(F)F)cc2C(=O)N2CCC(=O)c3cc(-c4ccccc4SC)ccc32)ccc1F. The van der Waals surface area contributed by atoms with E-state index < -0.39 is 68.3 Å². The van der Waals surface area contributed by atoms with E-state index in [1.165, 1.54) is 46.2 Å². The molecule has 2 aliphatic heterocycles. The molecule has 16 nitrogen and oxygen atoms in total. The number of nitrogens with zero attached hydrogens (tertiary/aromatic N) is 8. The molecule has 0 saturated heterocycles. The van der Waals surface area contributed by atoms with E-state index in [0.717, 1.165) is 49.8 Å². The lowest BCUT2D eigenvalue weighted by molar-refractivity contribution is -0.142. The van der Waals surface area contributed by atoms with Gasteiger partial charge >= 0.3 is 12.4 Å². The van der Waals surface area contributed by atoms with Crippen LogP contribution in [0.2, 0.25) is 0 Å². The maximum absolute atomic E-state index is 13.9. The van der Waals surface area contributed by atoms with Gasteiger partial charge in [-0.25, -0.2) is 27.0 Å². The van der Waals surface area contributed by atoms with Gasteiger partial charge in [0.2, 0.25) is 5.69 Å². The largest absolute Gasteiger partial charge is 0.435 e. The fraction of sp³-hybridized carbons (Fsp3) is 0.143. The van der Waals surface area contributed by atoms with Gasteiger partial charge in [0.1, 0.15) is 17.2 Å². The highest BCUT2D eigenvalue weighted by Crippen LogP contribution is 2.40. The number of benzene rings is 6. The second-order valence-corrected chi connectivity index (χ2v) is 21.2. The van der Waals surface area contributed by atoms with E-state index >= 15 is 0 Å². The number of anilines is 3. The van der Waals surface area contributed by atoms with Crippen molar-refractivity contribution in [2.24, 2.45) is 0 Å². The number of alkyl halides is 6. The third-order valence-corrected chi connectivity index (χ3v) is 15.2. The van der Waals surface area contributed by atoms with E-state index in [1.807, 2.05) is 30.5 Å². The molecule has 0 bridgehead atoms. The Morgan fingerprint density at radius 3 is 1.70 bits per heavy atom. The fourth-order valence-electron chi connectivity index (χ4n) is 9.40. The summed E-state index contributed by atoms with van der Waals surface area (Å²) in [6, 6.07) is 32.1. The number of sulfone groups is 1. The van der Waals surface area contributed by atoms with Gasteiger partial charge in [0, 0.05) is 65.9 Å². The number of nitrogen functional groups attached to an aromatic ring is 1. The molecule has 9 aromatic rings. The summed E-state index contributed by atoms with van der Waals surface area (Å²) in [7, 11) is -3.60. The van der Waals surface area contributed by atoms with Gasteiger partial charge in [-0.3, -0.25) is 19.2 Å². The Kier molecular flexibility index (Phi) is 14.2. The molecule has 81 heavy (non-hydrogen) atoms. The first kappa shape index (κ1) is 54.9. The maximum Gasteiger partial charge on any atom is 0.435 e. The number of halogens is 7. The number of aromatic nitrogens is 5. The zero-order valence-electron chi connectivity index (χ0n) is 42.0. The van der Waals surface area contributed by atoms with Crippen molar-refractivity contribution in [3.63, 3.8) is 0 Å². The molecule has 0 fully saturated rings. The van der Waals surface area contributed by atoms with Crippen LogP contribution in [0.15, 0.2) is 148 Å². The predicted octanol–water partition coefficient (Wildman–Crippen LogP) is 12.1. The fourth-order valence-corrected chi connectivity index (χ4v) is 10.9. The van der Waals surface area contributed by atoms with Crippen LogP contribution in [-0.4, -0.2) is 82.1 Å². The molecule has 2 N–H and O–H groups in total. The van der Waals surface area contributed by atoms with E-state index in [-0.39, 0.29) is 82.1 Å². The molecule has 5 heterocycles. The summed E-state index contributed by atoms with van der Waals surface area (Å²) in [5, 5.41) is 11.2. The number of Topliss-reactive ketones (excluding diaryl/α,β-unsaturated/α-hetero) is 2. The monoisotopic (exact) mass is 1150 g/mol. The van der Waals surface area contributed by atoms with E-state index in [2.05, 4.69) is 20.2 Å². The smallest absolute Gasteiger partial charge is 0.380 e. The minimum Gasteiger partial charge on any atom is -0.380 e. The number of hydrogen-bond donors (Lipinski definition) is 1. The van der Waals surface area contributed by atoms with Gasteiger partial charge in [-0.05, 0) is 95.7 Å². The van der Waals surface area contributed by atoms with Crippen LogP contribution in [0, 0.1) is 12.4 Å². The summed E-state index contributed by atoms with van der Waals surface area (Å²) in [5.41, 5.74) is 5.59. The summed E-state index contributed by atoms with van der Waals surface area (Å²) < 4.78 is 127. The second-order valence-electron chi connectivity index (χ2n) is 18.3. The molecule has 3 aromatic heterocycles. The van der Waals surface area contributed by atoms with Crippen molar-refractivity contribution >= 4 is 78.8 Å². The Morgan fingerprint density at radius 2 is 1.17 bits per heavy atom. The zero-order valence-corrected chi connectivity index (χ0v) is 43.6. The number of rotatable bonds is 8. The molecule has 2 amide bonds. The molecule has 0 atom stereocenters. The summed E-state index contributed by atoms with van der Waals surface area (Å²) >= 11 is 1.55. The number of hydrogen-bond acceptors (Lipinski definition) is 12. The Bertz CT molecular complexity index is 4240. The van der Waals surface area contributed by atoms with E-state index in [0.29, 0.717) is 34.2 Å². The van der Waals surface area contributed by atoms with Crippen LogP contribution in [0.4, 0.5) is 53.6 Å². The standard InChI is InChI=1S/C28H18F4N4O2S.C28H20F3N5O5S/c1-33-21-14-17(8-9-20(21)29)36-23(15-26(34-36)28(30,31)32)27(38)35-12-11-24(37)19-13-16(7-10-22(19)35)18-5-3-4-6-25(18)39-2;1-42(39,40)24-5-3-2-4-17(24)15-6-8-20-18(12-15)22(37)10-11-35(20)27(38)21-14-25(28(29,30)31)33-36(21)16-7-9-23-19(13-16)26(32)34-41-23/h3-10,13-15H,11-12H2,2H3;2-9,12-14H,10-11H2,1H3,(H2,32,34). The lowest BCUT2D eigenvalue weighted by Gasteiger charge is -2.29. The average molecular weight is 1150 g/mol. The molecule has 2 aliphatic rings. The first-order chi connectivity index (χ1) is 38.4. The van der Waals surface area contributed by atoms with Crippen molar-refractivity contribution in [1.29, 1.82) is 0 Å². The molecule has 11 rings (SSSR count). The summed E-state index contributed by atoms with van der Waals surface area (Å²) in [5.74, 6) is -2.98. The number of carbonyl (C=O) groups is 4. The van der Waals surface area contributed by atoms with E-state index in [1.54, 1.807) is 54.2 Å². The quantitative estimate of drug-likeness (QED) is 0.0858. The minimum absolute atomic E-state index is 0.0136. The highest BCUT2D eigenvalue weighted by molar-refractivity contribution is 7.98. The lowest BCUT2D eigenvalue weighted by atomic mass is 9.95. The van der Waals surface area contributed by atoms with Crippen LogP contribution in [0.1, 0.15) is 65.9 Å². The maximum atomic E-state index is 13.9. The highest BCUT2D eigenvalue weighted by atomic mass is 32.2. The molecule has 0 spiro atoms. The second kappa shape index (κ2) is 21.0. The van der Waals surface area contributed by atoms with Gasteiger partial charge in [0.05, 0.1) is 39.6 Å². The van der Waals surface area contributed by atoms with Crippen molar-refractivity contribution in [2.45, 2.75) is 35.0 Å². The van der Waals surface area contributed by atoms with Crippen LogP contribution in [-0.2, 0) is 22.2 Å². The van der Waals surface area contributed by atoms with Crippen molar-refractivity contribution in [3.05, 3.63) is 185 Å². The van der Waals surface area contributed by atoms with Gasteiger partial charge in [-0.2, -0.15) is 36.5 Å². The molecule has 0 saturated carbocycles. The molecule has 25 heteroatoms. The number of carbonyl (C=O) groups excluding carboxylic acids is 4. The zero-order chi connectivity index (χ0) is 57.9. The number of amides is 2. The molecular formula is C56H38F7N9O7S2. The number of fused-ring (bicyclic) bond motifs is 3. The summed E-state index contributed by atoms with van der Waals surface area (Å²) in [6.45, 7) is 6.98. The Hall–Kier alpha value is -9.41. The van der Waals surface area contributed by atoms with Crippen LogP contribution in [0.25, 0.3) is 49.4 Å². The van der Waals surface area contributed by atoms with E-state index in [4.69, 9.17) is 16.8 Å². The first-order valence-electron chi connectivity index (χ1n) is 24.0. The van der Waals surface area contributed by atoms with Crippen LogP contribution < -0.4 is 15.5 Å². The van der Waals surface area contributed by atoms with Gasteiger partial charge in [0.15, 0.2) is 44.2 Å². The van der Waals surface area contributed by atoms with E-state index in [9.17, 15) is 58.3 Å². The Morgan fingerprint density at radius 1 is 0.667 bits per heavy atom. The molecule has 0 aliphatic carbocycles. The van der Waals surface area contributed by atoms with Crippen molar-refractivity contribution in [2.75, 3.05) is 41.1 Å². The van der Waals surface area contributed by atoms with Crippen LogP contribution in [0.3, 0.4) is 0 Å². The Labute approximate surface area is 458 Å². The van der Waals surface area contributed by atoms with Crippen molar-refractivity contribution in [3.8, 4) is 33.6 Å². The summed E-state index contributed by atoms with van der Waals surface area (Å²) in [6.07, 6.45) is -6.83. The van der Waals surface area contributed by atoms with Crippen LogP contribution >= 0.6 is 11.8 Å². The molecular weight excluding hydrogens is 1110 g/mol. The Balaban J connectivity index is 0.000000182. The normalized spacial score (nSPS) is 13.6. The van der Waals surface area contributed by atoms with Crippen LogP contribution in [0.5, 0.6) is 0 Å². The van der Waals surface area contributed by atoms with Crippen molar-refractivity contribution in [1.82, 2.24) is 24.7 Å². The van der Waals surface area contributed by atoms with Gasteiger partial charge < -0.3 is 20.1 Å². The lowest BCUT2D eigenvalue weighted by Crippen LogP contribution is -2.38. The van der Waals surface area contributed by atoms with Gasteiger partial charge in [0.25, 0.3) is 11.8 Å². The number of nitrogens with two attached hydrogens (primary N) is 1. The third-order valence-electron chi connectivity index (χ3n) is 13.3. The minimum atomic E-state index is -4.86. The number of ketones is 2. The van der Waals surface area contributed by atoms with Crippen molar-refractivity contribution < 1.29 is 62.9 Å². The van der Waals surface area contributed by atoms with Gasteiger partial charge in [-0.1, -0.05) is 53.7 Å². The average Bonchev–Trinajstić information content (AvgIpc) is 4.29. The summed E-state index contributed by atoms with van der Waals surface area (Å²) in [4.78, 5) is 60.0. The molecule has 0 unspecified atom stereocenters. The third kappa shape index (κ3) is 10.5. The molecule has 410 valence electrons. The predicted molar refractivity (Wildman–Crippen MR) is 285 cm³/mol. The first-order valence-corrected chi connectivity index (χ1v) is 27.1. The molecule has 0 radical (unpaired) electrons. The topological polar surface area (TPSA) is 201 Å². The number of thioether (sulfide) groups is 1. The molecule has 6 aromatic carbocycles. The highest BCUT2D eigenvalue weighted by Gasteiger charge is 2.40.